The van der Waals surface area contributed by atoms with Gasteiger partial charge in [-0.1, -0.05) is 55.6 Å². The van der Waals surface area contributed by atoms with Gasteiger partial charge in [-0.15, -0.1) is 0 Å². The molecule has 0 bridgehead atoms. The number of H-pyrrole nitrogens is 1. The van der Waals surface area contributed by atoms with Crippen LogP contribution in [-0.2, 0) is 6.42 Å². The molecular weight excluding hydrogens is 306 g/mol. The second kappa shape index (κ2) is 7.01. The average molecular weight is 326 g/mol. The standard InChI is InChI=1S/C20H20ClNO/c1-2-3-4-5-14-6-8-15(9-7-14)18-13-20(23)17-11-10-16(21)12-19(17)22-18/h6-13H,2-5H2,1H3,(H,22,23). The van der Waals surface area contributed by atoms with Crippen molar-refractivity contribution in [1.29, 1.82) is 0 Å². The number of aryl methyl sites for hydroxylation is 1. The SMILES string of the molecule is CCCCCc1ccc(-c2cc(=O)c3ccc(Cl)cc3[nH]2)cc1. The second-order valence-electron chi connectivity index (χ2n) is 5.89. The number of rotatable bonds is 5. The first-order valence-electron chi connectivity index (χ1n) is 8.09. The summed E-state index contributed by atoms with van der Waals surface area (Å²) in [7, 11) is 0. The third-order valence-corrected chi connectivity index (χ3v) is 4.36. The van der Waals surface area contributed by atoms with Gasteiger partial charge in [0.15, 0.2) is 5.43 Å². The van der Waals surface area contributed by atoms with Crippen LogP contribution in [0.5, 0.6) is 0 Å². The number of fused-ring (bicyclic) bond motifs is 1. The van der Waals surface area contributed by atoms with Crippen molar-refractivity contribution in [1.82, 2.24) is 4.98 Å². The van der Waals surface area contributed by atoms with E-state index in [1.54, 1.807) is 24.3 Å². The molecule has 1 heterocycles. The number of hydrogen-bond donors (Lipinski definition) is 1. The number of unbranched alkanes of at least 4 members (excludes halogenated alkanes) is 2. The van der Waals surface area contributed by atoms with Gasteiger partial charge in [0.2, 0.25) is 0 Å². The summed E-state index contributed by atoms with van der Waals surface area (Å²) in [6, 6.07) is 15.4. The highest BCUT2D eigenvalue weighted by Gasteiger charge is 2.05. The Morgan fingerprint density at radius 1 is 1.00 bits per heavy atom. The Morgan fingerprint density at radius 2 is 1.78 bits per heavy atom. The predicted molar refractivity (Wildman–Crippen MR) is 98.2 cm³/mol. The molecular formula is C20H20ClNO. The van der Waals surface area contributed by atoms with Crippen molar-refractivity contribution in [2.75, 3.05) is 0 Å². The molecule has 0 radical (unpaired) electrons. The van der Waals surface area contributed by atoms with Crippen molar-refractivity contribution < 1.29 is 0 Å². The smallest absolute Gasteiger partial charge is 0.190 e. The molecule has 0 fully saturated rings. The van der Waals surface area contributed by atoms with E-state index in [2.05, 4.69) is 36.2 Å². The highest BCUT2D eigenvalue weighted by molar-refractivity contribution is 6.31. The molecule has 0 saturated carbocycles. The number of halogens is 1. The average Bonchev–Trinajstić information content (AvgIpc) is 2.55. The van der Waals surface area contributed by atoms with Crippen LogP contribution in [0.25, 0.3) is 22.2 Å². The maximum atomic E-state index is 12.3. The van der Waals surface area contributed by atoms with E-state index in [0.717, 1.165) is 23.2 Å². The molecule has 0 aliphatic rings. The molecule has 3 heteroatoms. The van der Waals surface area contributed by atoms with Gasteiger partial charge in [-0.25, -0.2) is 0 Å². The molecule has 2 aromatic carbocycles. The van der Waals surface area contributed by atoms with Gasteiger partial charge < -0.3 is 4.98 Å². The minimum atomic E-state index is 0.0115. The fraction of sp³-hybridized carbons (Fsp3) is 0.250. The zero-order valence-electron chi connectivity index (χ0n) is 13.2. The third kappa shape index (κ3) is 3.65. The van der Waals surface area contributed by atoms with Crippen molar-refractivity contribution in [2.24, 2.45) is 0 Å². The Morgan fingerprint density at radius 3 is 2.52 bits per heavy atom. The van der Waals surface area contributed by atoms with Crippen LogP contribution >= 0.6 is 11.6 Å². The molecule has 2 nitrogen and oxygen atoms in total. The molecule has 3 rings (SSSR count). The highest BCUT2D eigenvalue weighted by Crippen LogP contribution is 2.21. The molecule has 0 unspecified atom stereocenters. The Labute approximate surface area is 141 Å². The van der Waals surface area contributed by atoms with Crippen LogP contribution in [0.4, 0.5) is 0 Å². The summed E-state index contributed by atoms with van der Waals surface area (Å²) in [5.74, 6) is 0. The number of benzene rings is 2. The summed E-state index contributed by atoms with van der Waals surface area (Å²) in [5.41, 5.74) is 3.96. The number of nitrogens with one attached hydrogen (secondary N) is 1. The van der Waals surface area contributed by atoms with Gasteiger partial charge in [-0.3, -0.25) is 4.79 Å². The normalized spacial score (nSPS) is 11.0. The summed E-state index contributed by atoms with van der Waals surface area (Å²) in [5, 5.41) is 1.28. The fourth-order valence-electron chi connectivity index (χ4n) is 2.81. The van der Waals surface area contributed by atoms with E-state index in [-0.39, 0.29) is 5.43 Å². The number of aromatic amines is 1. The summed E-state index contributed by atoms with van der Waals surface area (Å²) < 4.78 is 0. The van der Waals surface area contributed by atoms with E-state index in [0.29, 0.717) is 10.4 Å². The lowest BCUT2D eigenvalue weighted by atomic mass is 10.0. The zero-order valence-corrected chi connectivity index (χ0v) is 14.0. The molecule has 23 heavy (non-hydrogen) atoms. The van der Waals surface area contributed by atoms with E-state index in [1.165, 1.54) is 24.8 Å². The molecule has 118 valence electrons. The summed E-state index contributed by atoms with van der Waals surface area (Å²) >= 11 is 6.03. The molecule has 1 aromatic heterocycles. The molecule has 0 spiro atoms. The Bertz CT molecular complexity index is 865. The van der Waals surface area contributed by atoms with Gasteiger partial charge in [-0.2, -0.15) is 0 Å². The van der Waals surface area contributed by atoms with Crippen LogP contribution in [-0.4, -0.2) is 4.98 Å². The highest BCUT2D eigenvalue weighted by atomic mass is 35.5. The first-order chi connectivity index (χ1) is 11.2. The summed E-state index contributed by atoms with van der Waals surface area (Å²) in [6.45, 7) is 2.21. The van der Waals surface area contributed by atoms with Crippen LogP contribution in [0.3, 0.4) is 0 Å². The van der Waals surface area contributed by atoms with Crippen LogP contribution < -0.4 is 5.43 Å². The van der Waals surface area contributed by atoms with E-state index in [1.807, 2.05) is 0 Å². The monoisotopic (exact) mass is 325 g/mol. The Kier molecular flexibility index (Phi) is 4.82. The number of hydrogen-bond acceptors (Lipinski definition) is 1. The zero-order chi connectivity index (χ0) is 16.2. The molecule has 3 aromatic rings. The van der Waals surface area contributed by atoms with Gasteiger partial charge >= 0.3 is 0 Å². The molecule has 0 amide bonds. The quantitative estimate of drug-likeness (QED) is 0.610. The van der Waals surface area contributed by atoms with Crippen molar-refractivity contribution in [2.45, 2.75) is 32.6 Å². The van der Waals surface area contributed by atoms with Gasteiger partial charge in [-0.05, 0) is 42.2 Å². The van der Waals surface area contributed by atoms with Gasteiger partial charge in [0, 0.05) is 22.2 Å². The van der Waals surface area contributed by atoms with Crippen molar-refractivity contribution >= 4 is 22.5 Å². The lowest BCUT2D eigenvalue weighted by molar-refractivity contribution is 0.717. The van der Waals surface area contributed by atoms with Crippen molar-refractivity contribution in [3.05, 3.63) is 69.3 Å². The minimum absolute atomic E-state index is 0.0115. The summed E-state index contributed by atoms with van der Waals surface area (Å²) in [6.07, 6.45) is 4.83. The lowest BCUT2D eigenvalue weighted by Gasteiger charge is -2.07. The van der Waals surface area contributed by atoms with Crippen LogP contribution in [0.15, 0.2) is 53.3 Å². The first kappa shape index (κ1) is 15.8. The maximum Gasteiger partial charge on any atom is 0.190 e. The van der Waals surface area contributed by atoms with Crippen LogP contribution in [0.1, 0.15) is 31.7 Å². The third-order valence-electron chi connectivity index (χ3n) is 4.13. The Hall–Kier alpha value is -2.06. The van der Waals surface area contributed by atoms with E-state index < -0.39 is 0 Å². The van der Waals surface area contributed by atoms with E-state index in [4.69, 9.17) is 11.6 Å². The largest absolute Gasteiger partial charge is 0.354 e. The second-order valence-corrected chi connectivity index (χ2v) is 6.33. The minimum Gasteiger partial charge on any atom is -0.354 e. The predicted octanol–water partition coefficient (Wildman–Crippen LogP) is 5.58. The van der Waals surface area contributed by atoms with Gasteiger partial charge in [0.05, 0.1) is 5.52 Å². The van der Waals surface area contributed by atoms with Crippen LogP contribution in [0.2, 0.25) is 5.02 Å². The Balaban J connectivity index is 1.92. The summed E-state index contributed by atoms with van der Waals surface area (Å²) in [4.78, 5) is 15.6. The lowest BCUT2D eigenvalue weighted by Crippen LogP contribution is -2.02. The molecule has 0 aliphatic heterocycles. The topological polar surface area (TPSA) is 32.9 Å². The van der Waals surface area contributed by atoms with E-state index in [9.17, 15) is 4.79 Å². The van der Waals surface area contributed by atoms with Crippen molar-refractivity contribution in [3.63, 3.8) is 0 Å². The van der Waals surface area contributed by atoms with Crippen molar-refractivity contribution in [3.8, 4) is 11.3 Å². The van der Waals surface area contributed by atoms with E-state index >= 15 is 0 Å². The molecule has 0 atom stereocenters. The number of aromatic nitrogens is 1. The molecule has 1 N–H and O–H groups in total. The van der Waals surface area contributed by atoms with Crippen LogP contribution in [0, 0.1) is 0 Å². The molecule has 0 aliphatic carbocycles. The first-order valence-corrected chi connectivity index (χ1v) is 8.47. The van der Waals surface area contributed by atoms with Gasteiger partial charge in [0.1, 0.15) is 0 Å². The number of pyridine rings is 1. The molecule has 0 saturated heterocycles. The maximum absolute atomic E-state index is 12.3. The fourth-order valence-corrected chi connectivity index (χ4v) is 2.98. The van der Waals surface area contributed by atoms with Gasteiger partial charge in [0.25, 0.3) is 0 Å².